The Labute approximate surface area is 111 Å². The van der Waals surface area contributed by atoms with Crippen LogP contribution in [0.5, 0.6) is 0 Å². The molecule has 2 rings (SSSR count). The van der Waals surface area contributed by atoms with Crippen molar-refractivity contribution in [2.24, 2.45) is 11.8 Å². The van der Waals surface area contributed by atoms with Crippen LogP contribution in [0.25, 0.3) is 0 Å². The van der Waals surface area contributed by atoms with Gasteiger partial charge in [-0.1, -0.05) is 6.92 Å². The quantitative estimate of drug-likeness (QED) is 0.573. The van der Waals surface area contributed by atoms with Gasteiger partial charge in [0.1, 0.15) is 0 Å². The highest BCUT2D eigenvalue weighted by molar-refractivity contribution is 4.82. The van der Waals surface area contributed by atoms with Crippen molar-refractivity contribution < 1.29 is 9.47 Å². The van der Waals surface area contributed by atoms with Gasteiger partial charge in [0.2, 0.25) is 0 Å². The minimum Gasteiger partial charge on any atom is -0.381 e. The van der Waals surface area contributed by atoms with Gasteiger partial charge in [0.25, 0.3) is 0 Å². The molecule has 1 aliphatic heterocycles. The van der Waals surface area contributed by atoms with E-state index >= 15 is 0 Å². The van der Waals surface area contributed by atoms with Gasteiger partial charge in [-0.05, 0) is 38.3 Å². The Bertz CT molecular complexity index is 222. The number of nitrogens with one attached hydrogen (secondary N) is 2. The van der Waals surface area contributed by atoms with Crippen LogP contribution < -0.4 is 10.6 Å². The molecule has 1 saturated heterocycles. The monoisotopic (exact) mass is 256 g/mol. The minimum absolute atomic E-state index is 0.536. The first-order chi connectivity index (χ1) is 8.90. The van der Waals surface area contributed by atoms with Gasteiger partial charge in [-0.3, -0.25) is 0 Å². The molecule has 1 aliphatic carbocycles. The van der Waals surface area contributed by atoms with Crippen LogP contribution in [0.4, 0.5) is 0 Å². The fourth-order valence-corrected chi connectivity index (χ4v) is 2.41. The van der Waals surface area contributed by atoms with E-state index in [-0.39, 0.29) is 0 Å². The molecule has 4 nitrogen and oxygen atoms in total. The Morgan fingerprint density at radius 3 is 2.94 bits per heavy atom. The molecule has 1 saturated carbocycles. The molecule has 0 aromatic carbocycles. The predicted octanol–water partition coefficient (Wildman–Crippen LogP) is 1.02. The van der Waals surface area contributed by atoms with Crippen LogP contribution >= 0.6 is 0 Å². The normalized spacial score (nSPS) is 27.8. The SMILES string of the molecule is CCNC1COCC1CNCCCOCC1CC1. The molecule has 0 amide bonds. The van der Waals surface area contributed by atoms with E-state index in [2.05, 4.69) is 17.6 Å². The van der Waals surface area contributed by atoms with Crippen LogP contribution in [0.1, 0.15) is 26.2 Å². The molecule has 2 aliphatic rings. The topological polar surface area (TPSA) is 42.5 Å². The average molecular weight is 256 g/mol. The summed E-state index contributed by atoms with van der Waals surface area (Å²) in [6.07, 6.45) is 3.88. The van der Waals surface area contributed by atoms with E-state index in [4.69, 9.17) is 9.47 Å². The molecule has 1 heterocycles. The molecule has 2 fully saturated rings. The molecule has 0 bridgehead atoms. The smallest absolute Gasteiger partial charge is 0.0623 e. The van der Waals surface area contributed by atoms with Crippen LogP contribution in [0.3, 0.4) is 0 Å². The molecule has 2 unspecified atom stereocenters. The molecular weight excluding hydrogens is 228 g/mol. The Morgan fingerprint density at radius 1 is 1.28 bits per heavy atom. The molecule has 2 N–H and O–H groups in total. The summed E-state index contributed by atoms with van der Waals surface area (Å²) in [5.74, 6) is 1.51. The average Bonchev–Trinajstić information content (AvgIpc) is 3.09. The van der Waals surface area contributed by atoms with Crippen molar-refractivity contribution in [1.82, 2.24) is 10.6 Å². The molecule has 4 heteroatoms. The van der Waals surface area contributed by atoms with Crippen molar-refractivity contribution >= 4 is 0 Å². The number of ether oxygens (including phenoxy) is 2. The lowest BCUT2D eigenvalue weighted by Gasteiger charge is -2.18. The van der Waals surface area contributed by atoms with Crippen molar-refractivity contribution in [2.75, 3.05) is 46.1 Å². The van der Waals surface area contributed by atoms with Crippen molar-refractivity contribution in [2.45, 2.75) is 32.2 Å². The van der Waals surface area contributed by atoms with Crippen LogP contribution in [-0.4, -0.2) is 52.1 Å². The van der Waals surface area contributed by atoms with Crippen molar-refractivity contribution in [3.8, 4) is 0 Å². The fourth-order valence-electron chi connectivity index (χ4n) is 2.41. The zero-order valence-corrected chi connectivity index (χ0v) is 11.6. The first kappa shape index (κ1) is 14.3. The van der Waals surface area contributed by atoms with Crippen molar-refractivity contribution in [3.63, 3.8) is 0 Å². The van der Waals surface area contributed by atoms with Crippen LogP contribution in [0.15, 0.2) is 0 Å². The zero-order valence-electron chi connectivity index (χ0n) is 11.6. The van der Waals surface area contributed by atoms with E-state index in [1.165, 1.54) is 12.8 Å². The highest BCUT2D eigenvalue weighted by Crippen LogP contribution is 2.28. The Kier molecular flexibility index (Phi) is 6.41. The predicted molar refractivity (Wildman–Crippen MR) is 72.8 cm³/mol. The maximum Gasteiger partial charge on any atom is 0.0623 e. The standard InChI is InChI=1S/C14H28N2O2/c1-2-16-14-11-18-10-13(14)8-15-6-3-7-17-9-12-4-5-12/h12-16H,2-11H2,1H3. The summed E-state index contributed by atoms with van der Waals surface area (Å²) in [5, 5.41) is 7.00. The molecule has 0 aromatic rings. The Hall–Kier alpha value is -0.160. The maximum absolute atomic E-state index is 5.61. The minimum atomic E-state index is 0.536. The summed E-state index contributed by atoms with van der Waals surface area (Å²) in [5.41, 5.74) is 0. The third-order valence-electron chi connectivity index (χ3n) is 3.76. The molecule has 18 heavy (non-hydrogen) atoms. The fraction of sp³-hybridized carbons (Fsp3) is 1.00. The number of rotatable bonds is 10. The van der Waals surface area contributed by atoms with Crippen LogP contribution in [0.2, 0.25) is 0 Å². The van der Waals surface area contributed by atoms with E-state index in [1.807, 2.05) is 0 Å². The summed E-state index contributed by atoms with van der Waals surface area (Å²) < 4.78 is 11.1. The summed E-state index contributed by atoms with van der Waals surface area (Å²) in [6, 6.07) is 0.536. The molecule has 106 valence electrons. The van der Waals surface area contributed by atoms with Crippen LogP contribution in [0, 0.1) is 11.8 Å². The summed E-state index contributed by atoms with van der Waals surface area (Å²) in [4.78, 5) is 0. The molecular formula is C14H28N2O2. The van der Waals surface area contributed by atoms with Crippen LogP contribution in [-0.2, 0) is 9.47 Å². The van der Waals surface area contributed by atoms with E-state index < -0.39 is 0 Å². The van der Waals surface area contributed by atoms with Gasteiger partial charge in [0.15, 0.2) is 0 Å². The maximum atomic E-state index is 5.61. The first-order valence-corrected chi connectivity index (χ1v) is 7.49. The van der Waals surface area contributed by atoms with Gasteiger partial charge in [-0.2, -0.15) is 0 Å². The highest BCUT2D eigenvalue weighted by Gasteiger charge is 2.26. The number of likely N-dealkylation sites (N-methyl/N-ethyl adjacent to an activating group) is 1. The first-order valence-electron chi connectivity index (χ1n) is 7.49. The third kappa shape index (κ3) is 5.22. The second kappa shape index (κ2) is 8.10. The van der Waals surface area contributed by atoms with E-state index in [1.54, 1.807) is 0 Å². The summed E-state index contributed by atoms with van der Waals surface area (Å²) in [6.45, 7) is 8.94. The van der Waals surface area contributed by atoms with Crippen molar-refractivity contribution in [1.29, 1.82) is 0 Å². The van der Waals surface area contributed by atoms with Gasteiger partial charge < -0.3 is 20.1 Å². The largest absolute Gasteiger partial charge is 0.381 e. The molecule has 0 spiro atoms. The van der Waals surface area contributed by atoms with E-state index in [0.29, 0.717) is 12.0 Å². The zero-order chi connectivity index (χ0) is 12.6. The highest BCUT2D eigenvalue weighted by atomic mass is 16.5. The van der Waals surface area contributed by atoms with Gasteiger partial charge in [-0.15, -0.1) is 0 Å². The van der Waals surface area contributed by atoms with Gasteiger partial charge in [-0.25, -0.2) is 0 Å². The summed E-state index contributed by atoms with van der Waals surface area (Å²) in [7, 11) is 0. The third-order valence-corrected chi connectivity index (χ3v) is 3.76. The second-order valence-corrected chi connectivity index (χ2v) is 5.54. The van der Waals surface area contributed by atoms with Gasteiger partial charge >= 0.3 is 0 Å². The summed E-state index contributed by atoms with van der Waals surface area (Å²) >= 11 is 0. The van der Waals surface area contributed by atoms with E-state index in [0.717, 1.165) is 58.4 Å². The van der Waals surface area contributed by atoms with E-state index in [9.17, 15) is 0 Å². The molecule has 0 aromatic heterocycles. The Balaban J connectivity index is 1.41. The molecule has 2 atom stereocenters. The number of hydrogen-bond donors (Lipinski definition) is 2. The lowest BCUT2D eigenvalue weighted by atomic mass is 10.0. The van der Waals surface area contributed by atoms with Crippen molar-refractivity contribution in [3.05, 3.63) is 0 Å². The lowest BCUT2D eigenvalue weighted by molar-refractivity contribution is 0.121. The van der Waals surface area contributed by atoms with Gasteiger partial charge in [0, 0.05) is 31.7 Å². The Morgan fingerprint density at radius 2 is 2.17 bits per heavy atom. The molecule has 0 radical (unpaired) electrons. The lowest BCUT2D eigenvalue weighted by Crippen LogP contribution is -2.40. The number of hydrogen-bond acceptors (Lipinski definition) is 4. The second-order valence-electron chi connectivity index (χ2n) is 5.54. The van der Waals surface area contributed by atoms with Gasteiger partial charge in [0.05, 0.1) is 13.2 Å².